The molecule has 1 N–H and O–H groups in total. The van der Waals surface area contributed by atoms with E-state index in [0.717, 1.165) is 32.1 Å². The monoisotopic (exact) mass is 211 g/mol. The number of carbonyl (C=O) groups is 1. The van der Waals surface area contributed by atoms with Crippen LogP contribution in [0.5, 0.6) is 0 Å². The summed E-state index contributed by atoms with van der Waals surface area (Å²) in [5.74, 6) is 0.279. The van der Waals surface area contributed by atoms with Gasteiger partial charge in [0.1, 0.15) is 0 Å². The lowest BCUT2D eigenvalue weighted by Crippen LogP contribution is -2.39. The van der Waals surface area contributed by atoms with Gasteiger partial charge >= 0.3 is 0 Å². The highest BCUT2D eigenvalue weighted by molar-refractivity contribution is 5.83. The third kappa shape index (κ3) is 2.49. The molecule has 1 saturated heterocycles. The Balaban J connectivity index is 1.73. The standard InChI is InChI=1S/C11H21N3O/c1-12-10-5-6-14(11(10)15)8-7-13(2)9-3-4-9/h9-10,12H,3-8H2,1-2H3. The van der Waals surface area contributed by atoms with E-state index in [1.165, 1.54) is 12.8 Å². The first-order valence-electron chi connectivity index (χ1n) is 5.88. The molecule has 1 atom stereocenters. The summed E-state index contributed by atoms with van der Waals surface area (Å²) in [4.78, 5) is 16.1. The van der Waals surface area contributed by atoms with E-state index in [1.54, 1.807) is 0 Å². The highest BCUT2D eigenvalue weighted by atomic mass is 16.2. The molecule has 1 aliphatic carbocycles. The summed E-state index contributed by atoms with van der Waals surface area (Å²) in [7, 11) is 4.02. The number of amides is 1. The van der Waals surface area contributed by atoms with Gasteiger partial charge < -0.3 is 15.1 Å². The van der Waals surface area contributed by atoms with Crippen molar-refractivity contribution < 1.29 is 4.79 Å². The van der Waals surface area contributed by atoms with E-state index in [1.807, 2.05) is 11.9 Å². The summed E-state index contributed by atoms with van der Waals surface area (Å²) in [6, 6.07) is 0.860. The number of nitrogens with zero attached hydrogens (tertiary/aromatic N) is 2. The molecule has 0 aromatic rings. The van der Waals surface area contributed by atoms with Gasteiger partial charge in [0.25, 0.3) is 0 Å². The molecule has 0 aromatic heterocycles. The minimum Gasteiger partial charge on any atom is -0.340 e. The average molecular weight is 211 g/mol. The molecule has 1 amide bonds. The second-order valence-electron chi connectivity index (χ2n) is 4.67. The molecule has 1 unspecified atom stereocenters. The predicted molar refractivity (Wildman–Crippen MR) is 59.7 cm³/mol. The normalized spacial score (nSPS) is 26.7. The van der Waals surface area contributed by atoms with Gasteiger partial charge in [-0.3, -0.25) is 4.79 Å². The molecule has 86 valence electrons. The summed E-state index contributed by atoms with van der Waals surface area (Å²) in [5.41, 5.74) is 0. The third-order valence-electron chi connectivity index (χ3n) is 3.54. The largest absolute Gasteiger partial charge is 0.340 e. The van der Waals surface area contributed by atoms with Gasteiger partial charge in [-0.1, -0.05) is 0 Å². The predicted octanol–water partition coefficient (Wildman–Crippen LogP) is -0.0991. The molecule has 15 heavy (non-hydrogen) atoms. The van der Waals surface area contributed by atoms with Gasteiger partial charge in [-0.15, -0.1) is 0 Å². The van der Waals surface area contributed by atoms with Gasteiger partial charge in [-0.25, -0.2) is 0 Å². The lowest BCUT2D eigenvalue weighted by atomic mass is 10.3. The van der Waals surface area contributed by atoms with Crippen molar-refractivity contribution in [3.63, 3.8) is 0 Å². The zero-order valence-corrected chi connectivity index (χ0v) is 9.70. The second kappa shape index (κ2) is 4.49. The minimum atomic E-state index is 0.0660. The number of likely N-dealkylation sites (N-methyl/N-ethyl adjacent to an activating group) is 2. The Morgan fingerprint density at radius 2 is 2.20 bits per heavy atom. The first kappa shape index (κ1) is 10.9. The molecule has 0 radical (unpaired) electrons. The summed E-state index contributed by atoms with van der Waals surface area (Å²) in [6.07, 6.45) is 3.63. The van der Waals surface area contributed by atoms with Crippen LogP contribution in [0.4, 0.5) is 0 Å². The third-order valence-corrected chi connectivity index (χ3v) is 3.54. The lowest BCUT2D eigenvalue weighted by molar-refractivity contribution is -0.129. The molecular weight excluding hydrogens is 190 g/mol. The first-order chi connectivity index (χ1) is 7.22. The van der Waals surface area contributed by atoms with E-state index in [2.05, 4.69) is 17.3 Å². The Hall–Kier alpha value is -0.610. The van der Waals surface area contributed by atoms with Crippen molar-refractivity contribution in [1.82, 2.24) is 15.1 Å². The van der Waals surface area contributed by atoms with E-state index in [9.17, 15) is 4.79 Å². The first-order valence-corrected chi connectivity index (χ1v) is 5.88. The van der Waals surface area contributed by atoms with E-state index >= 15 is 0 Å². The fourth-order valence-corrected chi connectivity index (χ4v) is 2.21. The van der Waals surface area contributed by atoms with Crippen LogP contribution in [0.2, 0.25) is 0 Å². The number of hydrogen-bond acceptors (Lipinski definition) is 3. The van der Waals surface area contributed by atoms with Crippen molar-refractivity contribution >= 4 is 5.91 Å². The van der Waals surface area contributed by atoms with Crippen molar-refractivity contribution in [3.05, 3.63) is 0 Å². The molecular formula is C11H21N3O. The maximum absolute atomic E-state index is 11.8. The molecule has 1 saturated carbocycles. The molecule has 0 aromatic carbocycles. The maximum atomic E-state index is 11.8. The van der Waals surface area contributed by atoms with Crippen LogP contribution in [0.25, 0.3) is 0 Å². The molecule has 0 bridgehead atoms. The molecule has 2 rings (SSSR count). The topological polar surface area (TPSA) is 35.6 Å². The van der Waals surface area contributed by atoms with Crippen LogP contribution >= 0.6 is 0 Å². The summed E-state index contributed by atoms with van der Waals surface area (Å²) < 4.78 is 0. The van der Waals surface area contributed by atoms with Gasteiger partial charge in [0.2, 0.25) is 5.91 Å². The van der Waals surface area contributed by atoms with Gasteiger partial charge in [0, 0.05) is 25.7 Å². The lowest BCUT2D eigenvalue weighted by Gasteiger charge is -2.21. The van der Waals surface area contributed by atoms with Gasteiger partial charge in [0.15, 0.2) is 0 Å². The summed E-state index contributed by atoms with van der Waals surface area (Å²) in [6.45, 7) is 2.83. The molecule has 0 spiro atoms. The Morgan fingerprint density at radius 3 is 2.73 bits per heavy atom. The van der Waals surface area contributed by atoms with Crippen molar-refractivity contribution in [3.8, 4) is 0 Å². The van der Waals surface area contributed by atoms with Gasteiger partial charge in [-0.2, -0.15) is 0 Å². The van der Waals surface area contributed by atoms with Crippen LogP contribution in [-0.2, 0) is 4.79 Å². The number of likely N-dealkylation sites (tertiary alicyclic amines) is 1. The molecule has 2 aliphatic rings. The summed E-state index contributed by atoms with van der Waals surface area (Å²) in [5, 5.41) is 3.06. The van der Waals surface area contributed by atoms with E-state index in [4.69, 9.17) is 0 Å². The zero-order chi connectivity index (χ0) is 10.8. The number of rotatable bonds is 5. The molecule has 2 fully saturated rings. The fraction of sp³-hybridized carbons (Fsp3) is 0.909. The van der Waals surface area contributed by atoms with Gasteiger partial charge in [0.05, 0.1) is 6.04 Å². The van der Waals surface area contributed by atoms with Crippen molar-refractivity contribution in [2.45, 2.75) is 31.3 Å². The van der Waals surface area contributed by atoms with Crippen LogP contribution in [0.1, 0.15) is 19.3 Å². The minimum absolute atomic E-state index is 0.0660. The molecule has 4 nitrogen and oxygen atoms in total. The molecule has 1 aliphatic heterocycles. The quantitative estimate of drug-likeness (QED) is 0.690. The number of hydrogen-bond donors (Lipinski definition) is 1. The highest BCUT2D eigenvalue weighted by Gasteiger charge is 2.31. The number of carbonyl (C=O) groups excluding carboxylic acids is 1. The second-order valence-corrected chi connectivity index (χ2v) is 4.67. The molecule has 1 heterocycles. The Kier molecular flexibility index (Phi) is 3.26. The van der Waals surface area contributed by atoms with Crippen LogP contribution in [0, 0.1) is 0 Å². The Bertz CT molecular complexity index is 240. The Morgan fingerprint density at radius 1 is 1.47 bits per heavy atom. The molecule has 4 heteroatoms. The maximum Gasteiger partial charge on any atom is 0.239 e. The van der Waals surface area contributed by atoms with Crippen molar-refractivity contribution in [2.75, 3.05) is 33.7 Å². The van der Waals surface area contributed by atoms with Crippen LogP contribution < -0.4 is 5.32 Å². The smallest absolute Gasteiger partial charge is 0.239 e. The van der Waals surface area contributed by atoms with Crippen LogP contribution in [0.15, 0.2) is 0 Å². The number of nitrogens with one attached hydrogen (secondary N) is 1. The van der Waals surface area contributed by atoms with E-state index in [-0.39, 0.29) is 11.9 Å². The average Bonchev–Trinajstić information content (AvgIpc) is 3.01. The van der Waals surface area contributed by atoms with E-state index < -0.39 is 0 Å². The fourth-order valence-electron chi connectivity index (χ4n) is 2.21. The zero-order valence-electron chi connectivity index (χ0n) is 9.70. The highest BCUT2D eigenvalue weighted by Crippen LogP contribution is 2.25. The van der Waals surface area contributed by atoms with E-state index in [0.29, 0.717) is 0 Å². The summed E-state index contributed by atoms with van der Waals surface area (Å²) >= 11 is 0. The van der Waals surface area contributed by atoms with Crippen molar-refractivity contribution in [2.24, 2.45) is 0 Å². The Labute approximate surface area is 91.6 Å². The van der Waals surface area contributed by atoms with Crippen LogP contribution in [-0.4, -0.2) is 61.5 Å². The van der Waals surface area contributed by atoms with Crippen LogP contribution in [0.3, 0.4) is 0 Å². The van der Waals surface area contributed by atoms with Gasteiger partial charge in [-0.05, 0) is 33.4 Å². The van der Waals surface area contributed by atoms with Crippen molar-refractivity contribution in [1.29, 1.82) is 0 Å². The SMILES string of the molecule is CNC1CCN(CCN(C)C2CC2)C1=O.